The highest BCUT2D eigenvalue weighted by Gasteiger charge is 2.50. The molecular formula is C23H31ClO6. The number of unbranched alkanes of at least 4 members (excludes halogenated alkanes) is 1. The summed E-state index contributed by atoms with van der Waals surface area (Å²) in [6.45, 7) is 3.29. The van der Waals surface area contributed by atoms with Gasteiger partial charge in [0.25, 0.3) is 0 Å². The summed E-state index contributed by atoms with van der Waals surface area (Å²) < 4.78 is 9.92. The first-order valence-corrected chi connectivity index (χ1v) is 10.5. The smallest absolute Gasteiger partial charge is 0.305 e. The number of Topliss-reactive ketones (excluding diaryl/α,β-unsaturated/α-hetero) is 1. The molecule has 0 aromatic heterocycles. The first-order valence-electron chi connectivity index (χ1n) is 10.1. The molecule has 6 nitrogen and oxygen atoms in total. The quantitative estimate of drug-likeness (QED) is 0.279. The maximum Gasteiger partial charge on any atom is 0.305 e. The molecule has 0 saturated carbocycles. The summed E-state index contributed by atoms with van der Waals surface area (Å²) in [6.07, 6.45) is 14.5. The molecular weight excluding hydrogens is 408 g/mol. The summed E-state index contributed by atoms with van der Waals surface area (Å²) in [6, 6.07) is 0. The van der Waals surface area contributed by atoms with Crippen molar-refractivity contribution in [2.45, 2.75) is 64.1 Å². The molecule has 30 heavy (non-hydrogen) atoms. The van der Waals surface area contributed by atoms with Crippen molar-refractivity contribution in [2.75, 3.05) is 7.11 Å². The molecule has 0 aromatic rings. The Morgan fingerprint density at radius 3 is 2.60 bits per heavy atom. The maximum atomic E-state index is 12.7. The molecule has 0 radical (unpaired) electrons. The Morgan fingerprint density at radius 1 is 1.27 bits per heavy atom. The second-order valence-corrected chi connectivity index (χ2v) is 7.49. The molecule has 0 heterocycles. The predicted molar refractivity (Wildman–Crippen MR) is 116 cm³/mol. The van der Waals surface area contributed by atoms with E-state index in [1.807, 2.05) is 25.2 Å². The van der Waals surface area contributed by atoms with Gasteiger partial charge in [-0.25, -0.2) is 0 Å². The highest BCUT2D eigenvalue weighted by atomic mass is 35.5. The Hall–Kier alpha value is -2.18. The van der Waals surface area contributed by atoms with Crippen LogP contribution in [0.3, 0.4) is 0 Å². The summed E-state index contributed by atoms with van der Waals surface area (Å²) in [4.78, 5) is 35.4. The number of aliphatic hydroxyl groups is 1. The second kappa shape index (κ2) is 13.2. The van der Waals surface area contributed by atoms with Crippen LogP contribution in [0.1, 0.15) is 52.4 Å². The molecule has 0 aliphatic heterocycles. The van der Waals surface area contributed by atoms with Gasteiger partial charge in [-0.15, -0.1) is 0 Å². The zero-order valence-electron chi connectivity index (χ0n) is 17.8. The highest BCUT2D eigenvalue weighted by molar-refractivity contribution is 6.44. The second-order valence-electron chi connectivity index (χ2n) is 7.09. The van der Waals surface area contributed by atoms with Crippen LogP contribution in [-0.4, -0.2) is 41.6 Å². The minimum absolute atomic E-state index is 0.0713. The van der Waals surface area contributed by atoms with E-state index >= 15 is 0 Å². The number of ether oxygens (including phenoxy) is 2. The van der Waals surface area contributed by atoms with Gasteiger partial charge in [-0.1, -0.05) is 48.9 Å². The van der Waals surface area contributed by atoms with Crippen molar-refractivity contribution in [2.24, 2.45) is 5.92 Å². The third-order valence-electron chi connectivity index (χ3n) is 4.65. The van der Waals surface area contributed by atoms with Crippen molar-refractivity contribution < 1.29 is 29.0 Å². The van der Waals surface area contributed by atoms with Crippen LogP contribution in [-0.2, 0) is 23.9 Å². The van der Waals surface area contributed by atoms with Crippen LogP contribution in [0.25, 0.3) is 0 Å². The van der Waals surface area contributed by atoms with Crippen LogP contribution in [0.4, 0.5) is 0 Å². The summed E-state index contributed by atoms with van der Waals surface area (Å²) in [7, 11) is 1.33. The maximum absolute atomic E-state index is 12.7. The Kier molecular flexibility index (Phi) is 11.4. The monoisotopic (exact) mass is 438 g/mol. The molecule has 0 bridgehead atoms. The van der Waals surface area contributed by atoms with Crippen LogP contribution in [0.15, 0.2) is 47.6 Å². The topological polar surface area (TPSA) is 89.9 Å². The fourth-order valence-corrected chi connectivity index (χ4v) is 3.50. The lowest BCUT2D eigenvalue weighted by Gasteiger charge is -2.31. The van der Waals surface area contributed by atoms with E-state index in [4.69, 9.17) is 16.3 Å². The van der Waals surface area contributed by atoms with E-state index < -0.39 is 29.4 Å². The Labute approximate surface area is 183 Å². The first kappa shape index (κ1) is 25.9. The van der Waals surface area contributed by atoms with Crippen LogP contribution < -0.4 is 0 Å². The molecule has 0 amide bonds. The fraction of sp³-hybridized carbons (Fsp3) is 0.522. The summed E-state index contributed by atoms with van der Waals surface area (Å²) in [5, 5.41) is 11.1. The normalized spacial score (nSPS) is 22.8. The highest BCUT2D eigenvalue weighted by Crippen LogP contribution is 2.39. The van der Waals surface area contributed by atoms with E-state index in [9.17, 15) is 19.5 Å². The van der Waals surface area contributed by atoms with Gasteiger partial charge in [0, 0.05) is 13.3 Å². The van der Waals surface area contributed by atoms with Crippen molar-refractivity contribution in [3.8, 4) is 0 Å². The molecule has 0 spiro atoms. The summed E-state index contributed by atoms with van der Waals surface area (Å²) in [5.41, 5.74) is -1.56. The molecule has 0 saturated heterocycles. The summed E-state index contributed by atoms with van der Waals surface area (Å²) in [5.74, 6) is -2.39. The van der Waals surface area contributed by atoms with Gasteiger partial charge in [-0.2, -0.15) is 0 Å². The van der Waals surface area contributed by atoms with Crippen molar-refractivity contribution in [3.05, 3.63) is 47.6 Å². The number of halogens is 1. The lowest BCUT2D eigenvalue weighted by atomic mass is 9.82. The standard InChI is InChI=1S/C23H31ClO6/c1-4-5-6-7-8-12-15-23(28)16-18(24)22(27)21(23)19(30-17(2)25)13-10-9-11-14-20(26)29-3/h5-6,8,10,12-13,16,19,21,28H,4,7,9,11,14-15H2,1-3H3/b6-5-,12-8-,13-10-/t19-,21?,23+/m0/s1. The van der Waals surface area contributed by atoms with E-state index in [2.05, 4.69) is 4.74 Å². The van der Waals surface area contributed by atoms with Gasteiger partial charge in [0.15, 0.2) is 5.78 Å². The van der Waals surface area contributed by atoms with E-state index in [1.54, 1.807) is 18.2 Å². The van der Waals surface area contributed by atoms with E-state index in [0.29, 0.717) is 19.3 Å². The zero-order valence-corrected chi connectivity index (χ0v) is 18.6. The average molecular weight is 439 g/mol. The Bertz CT molecular complexity index is 721. The van der Waals surface area contributed by atoms with Gasteiger partial charge in [0.05, 0.1) is 18.1 Å². The molecule has 1 aliphatic rings. The molecule has 166 valence electrons. The SMILES string of the molecule is CC/C=C\C/C=C\C[C@@]1(O)C=C(Cl)C(=O)C1[C@H](/C=C\CCCC(=O)OC)OC(C)=O. The Morgan fingerprint density at radius 2 is 1.97 bits per heavy atom. The first-order chi connectivity index (χ1) is 14.2. The van der Waals surface area contributed by atoms with Gasteiger partial charge in [-0.05, 0) is 44.3 Å². The third-order valence-corrected chi connectivity index (χ3v) is 4.95. The number of carbonyl (C=O) groups is 3. The number of carbonyl (C=O) groups excluding carboxylic acids is 3. The predicted octanol–water partition coefficient (Wildman–Crippen LogP) is 4.17. The molecule has 3 atom stereocenters. The number of methoxy groups -OCH3 is 1. The van der Waals surface area contributed by atoms with Crippen LogP contribution in [0, 0.1) is 5.92 Å². The third kappa shape index (κ3) is 8.28. The van der Waals surface area contributed by atoms with Gasteiger partial charge in [0.2, 0.25) is 0 Å². The van der Waals surface area contributed by atoms with Crippen molar-refractivity contribution in [3.63, 3.8) is 0 Å². The molecule has 1 rings (SSSR count). The number of allylic oxidation sites excluding steroid dienone is 5. The minimum Gasteiger partial charge on any atom is -0.469 e. The molecule has 1 N–H and O–H groups in total. The molecule has 7 heteroatoms. The molecule has 0 aromatic carbocycles. The number of hydrogen-bond acceptors (Lipinski definition) is 6. The number of esters is 2. The van der Waals surface area contributed by atoms with Crippen LogP contribution >= 0.6 is 11.6 Å². The van der Waals surface area contributed by atoms with Crippen molar-refractivity contribution >= 4 is 29.3 Å². The van der Waals surface area contributed by atoms with Crippen molar-refractivity contribution in [1.29, 1.82) is 0 Å². The average Bonchev–Trinajstić information content (AvgIpc) is 2.91. The van der Waals surface area contributed by atoms with Crippen LogP contribution in [0.2, 0.25) is 0 Å². The number of ketones is 1. The van der Waals surface area contributed by atoms with Gasteiger partial charge >= 0.3 is 11.9 Å². The lowest BCUT2D eigenvalue weighted by molar-refractivity contribution is -0.152. The number of hydrogen-bond donors (Lipinski definition) is 1. The van der Waals surface area contributed by atoms with Crippen LogP contribution in [0.5, 0.6) is 0 Å². The van der Waals surface area contributed by atoms with Gasteiger partial charge in [-0.3, -0.25) is 14.4 Å². The zero-order chi connectivity index (χ0) is 22.6. The van der Waals surface area contributed by atoms with Gasteiger partial charge in [0.1, 0.15) is 11.7 Å². The number of rotatable bonds is 12. The van der Waals surface area contributed by atoms with Gasteiger partial charge < -0.3 is 14.6 Å². The van der Waals surface area contributed by atoms with E-state index in [0.717, 1.165) is 6.42 Å². The fourth-order valence-electron chi connectivity index (χ4n) is 3.19. The summed E-state index contributed by atoms with van der Waals surface area (Å²) >= 11 is 6.04. The van der Waals surface area contributed by atoms with Crippen molar-refractivity contribution in [1.82, 2.24) is 0 Å². The molecule has 1 aliphatic carbocycles. The van der Waals surface area contributed by atoms with E-state index in [-0.39, 0.29) is 23.8 Å². The molecule has 0 fully saturated rings. The molecule has 1 unspecified atom stereocenters. The largest absolute Gasteiger partial charge is 0.469 e. The van der Waals surface area contributed by atoms with E-state index in [1.165, 1.54) is 20.1 Å². The Balaban J connectivity index is 2.92. The lowest BCUT2D eigenvalue weighted by Crippen LogP contribution is -2.44. The minimum atomic E-state index is -1.56.